The second-order valence-electron chi connectivity index (χ2n) is 4.58. The van der Waals surface area contributed by atoms with Gasteiger partial charge in [-0.1, -0.05) is 64.6 Å². The van der Waals surface area contributed by atoms with Gasteiger partial charge in [0.1, 0.15) is 4.88 Å². The van der Waals surface area contributed by atoms with Crippen LogP contribution in [0.15, 0.2) is 71.0 Å². The van der Waals surface area contributed by atoms with Crippen molar-refractivity contribution < 1.29 is 4.79 Å². The Morgan fingerprint density at radius 2 is 1.75 bits per heavy atom. The van der Waals surface area contributed by atoms with Crippen LogP contribution in [0.1, 0.15) is 9.67 Å². The van der Waals surface area contributed by atoms with E-state index in [0.717, 1.165) is 17.0 Å². The quantitative estimate of drug-likeness (QED) is 0.385. The van der Waals surface area contributed by atoms with Crippen molar-refractivity contribution in [1.82, 2.24) is 10.5 Å². The fourth-order valence-electron chi connectivity index (χ4n) is 1.88. The number of anilines is 2. The minimum Gasteiger partial charge on any atom is -0.297 e. The molecule has 0 fully saturated rings. The number of benzene rings is 2. The zero-order valence-electron chi connectivity index (χ0n) is 12.3. The Labute approximate surface area is 147 Å². The third kappa shape index (κ3) is 3.76. The van der Waals surface area contributed by atoms with Gasteiger partial charge in [0.05, 0.1) is 11.4 Å². The molecule has 3 rings (SSSR count). The summed E-state index contributed by atoms with van der Waals surface area (Å²) in [6, 6.07) is 18.7. The second-order valence-corrected chi connectivity index (χ2v) is 5.94. The highest BCUT2D eigenvalue weighted by Crippen LogP contribution is 2.31. The summed E-state index contributed by atoms with van der Waals surface area (Å²) in [5, 5.41) is 10.3. The van der Waals surface area contributed by atoms with Crippen molar-refractivity contribution >= 4 is 45.7 Å². The van der Waals surface area contributed by atoms with E-state index in [2.05, 4.69) is 20.9 Å². The molecule has 0 saturated carbocycles. The van der Waals surface area contributed by atoms with Gasteiger partial charge in [-0.15, -0.1) is 5.11 Å². The van der Waals surface area contributed by atoms with Crippen molar-refractivity contribution in [2.24, 2.45) is 10.3 Å². The molecule has 0 atom stereocenters. The van der Waals surface area contributed by atoms with E-state index in [4.69, 9.17) is 11.6 Å². The number of nitrogens with one attached hydrogen (secondary N) is 1. The third-order valence-corrected chi connectivity index (χ3v) is 4.34. The first-order valence-electron chi connectivity index (χ1n) is 6.96. The number of hydrogen-bond donors (Lipinski definition) is 1. The lowest BCUT2D eigenvalue weighted by Gasteiger charge is -2.19. The van der Waals surface area contributed by atoms with Gasteiger partial charge in [-0.3, -0.25) is 4.79 Å². The third-order valence-electron chi connectivity index (χ3n) is 2.98. The zero-order valence-corrected chi connectivity index (χ0v) is 13.9. The van der Waals surface area contributed by atoms with Crippen molar-refractivity contribution in [3.8, 4) is 0 Å². The topological polar surface area (TPSA) is 70.0 Å². The molecular formula is C16H12ClN5OS. The molecule has 0 spiro atoms. The summed E-state index contributed by atoms with van der Waals surface area (Å²) in [7, 11) is 0. The molecular weight excluding hydrogens is 346 g/mol. The number of para-hydroxylation sites is 1. The first-order valence-corrected chi connectivity index (χ1v) is 8.15. The molecule has 6 nitrogen and oxygen atoms in total. The number of hydrazine groups is 1. The zero-order chi connectivity index (χ0) is 16.8. The normalized spacial score (nSPS) is 10.7. The highest BCUT2D eigenvalue weighted by Gasteiger charge is 2.16. The molecule has 0 aliphatic heterocycles. The van der Waals surface area contributed by atoms with Gasteiger partial charge in [0.25, 0.3) is 0 Å². The standard InChI is InChI=1S/C16H12ClN5OS/c17-15-14(11-23)24-16(18-15)22(13-9-5-2-6-10-13)21-20-19-12-7-3-1-4-8-12/h1-11H,(H,19,21). The van der Waals surface area contributed by atoms with Gasteiger partial charge >= 0.3 is 0 Å². The van der Waals surface area contributed by atoms with Crippen molar-refractivity contribution in [3.63, 3.8) is 0 Å². The first kappa shape index (κ1) is 16.1. The lowest BCUT2D eigenvalue weighted by atomic mass is 10.3. The number of nitrogens with zero attached hydrogens (tertiary/aromatic N) is 4. The maximum absolute atomic E-state index is 11.0. The van der Waals surface area contributed by atoms with E-state index in [1.54, 1.807) is 5.01 Å². The molecule has 1 aromatic heterocycles. The summed E-state index contributed by atoms with van der Waals surface area (Å²) in [6.07, 6.45) is 0.679. The van der Waals surface area contributed by atoms with Gasteiger partial charge in [-0.05, 0) is 24.3 Å². The van der Waals surface area contributed by atoms with Crippen molar-refractivity contribution in [2.75, 3.05) is 5.01 Å². The summed E-state index contributed by atoms with van der Waals surface area (Å²) in [5.41, 5.74) is 4.33. The Kier molecular flexibility index (Phi) is 5.15. The summed E-state index contributed by atoms with van der Waals surface area (Å²) in [4.78, 5) is 15.6. The molecule has 24 heavy (non-hydrogen) atoms. The predicted octanol–water partition coefficient (Wildman–Crippen LogP) is 4.95. The summed E-state index contributed by atoms with van der Waals surface area (Å²) >= 11 is 7.13. The lowest BCUT2D eigenvalue weighted by Crippen LogP contribution is -2.28. The van der Waals surface area contributed by atoms with Crippen LogP contribution in [0.3, 0.4) is 0 Å². The van der Waals surface area contributed by atoms with Crippen molar-refractivity contribution in [1.29, 1.82) is 0 Å². The average Bonchev–Trinajstić information content (AvgIpc) is 3.01. The number of aromatic nitrogens is 1. The van der Waals surface area contributed by atoms with E-state index in [9.17, 15) is 4.79 Å². The summed E-state index contributed by atoms with van der Waals surface area (Å²) in [5.74, 6) is 0. The Morgan fingerprint density at radius 3 is 2.38 bits per heavy atom. The number of hydrogen-bond acceptors (Lipinski definition) is 6. The van der Waals surface area contributed by atoms with Crippen LogP contribution in [0.5, 0.6) is 0 Å². The van der Waals surface area contributed by atoms with Gasteiger partial charge in [0.15, 0.2) is 11.4 Å². The fourth-order valence-corrected chi connectivity index (χ4v) is 2.92. The highest BCUT2D eigenvalue weighted by molar-refractivity contribution is 7.17. The van der Waals surface area contributed by atoms with E-state index < -0.39 is 0 Å². The molecule has 1 heterocycles. The van der Waals surface area contributed by atoms with Crippen LogP contribution in [0.25, 0.3) is 0 Å². The first-order chi connectivity index (χ1) is 11.8. The molecule has 0 saturated heterocycles. The summed E-state index contributed by atoms with van der Waals surface area (Å²) in [6.45, 7) is 0. The van der Waals surface area contributed by atoms with Crippen LogP contribution in [-0.4, -0.2) is 11.3 Å². The molecule has 1 N–H and O–H groups in total. The van der Waals surface area contributed by atoms with E-state index in [-0.39, 0.29) is 5.15 Å². The molecule has 0 amide bonds. The summed E-state index contributed by atoms with van der Waals surface area (Å²) < 4.78 is 0. The van der Waals surface area contributed by atoms with Crippen LogP contribution in [0, 0.1) is 0 Å². The van der Waals surface area contributed by atoms with E-state index in [0.29, 0.717) is 22.0 Å². The highest BCUT2D eigenvalue weighted by atomic mass is 35.5. The molecule has 0 radical (unpaired) electrons. The maximum Gasteiger partial charge on any atom is 0.212 e. The molecule has 120 valence electrons. The molecule has 0 bridgehead atoms. The lowest BCUT2D eigenvalue weighted by molar-refractivity contribution is 0.112. The maximum atomic E-state index is 11.0. The number of carbonyl (C=O) groups excluding carboxylic acids is 1. The van der Waals surface area contributed by atoms with Crippen LogP contribution in [-0.2, 0) is 0 Å². The SMILES string of the molecule is O=Cc1sc(N(NN=Nc2ccccc2)c2ccccc2)nc1Cl. The fraction of sp³-hybridized carbons (Fsp3) is 0. The molecule has 2 aromatic carbocycles. The van der Waals surface area contributed by atoms with Gasteiger partial charge in [-0.25, -0.2) is 9.99 Å². The monoisotopic (exact) mass is 357 g/mol. The van der Waals surface area contributed by atoms with Crippen LogP contribution < -0.4 is 10.5 Å². The van der Waals surface area contributed by atoms with Gasteiger partial charge < -0.3 is 0 Å². The minimum absolute atomic E-state index is 0.160. The van der Waals surface area contributed by atoms with E-state index in [1.807, 2.05) is 60.7 Å². The number of thiazole rings is 1. The van der Waals surface area contributed by atoms with Crippen molar-refractivity contribution in [2.45, 2.75) is 0 Å². The van der Waals surface area contributed by atoms with E-state index in [1.165, 1.54) is 0 Å². The average molecular weight is 358 g/mol. The largest absolute Gasteiger partial charge is 0.297 e. The van der Waals surface area contributed by atoms with Gasteiger partial charge in [-0.2, -0.15) is 5.53 Å². The smallest absolute Gasteiger partial charge is 0.212 e. The number of rotatable bonds is 6. The minimum atomic E-state index is 0.160. The van der Waals surface area contributed by atoms with E-state index >= 15 is 0 Å². The van der Waals surface area contributed by atoms with Crippen LogP contribution in [0.2, 0.25) is 5.15 Å². The Hall–Kier alpha value is -2.77. The Balaban J connectivity index is 1.88. The molecule has 3 aromatic rings. The van der Waals surface area contributed by atoms with Gasteiger partial charge in [0.2, 0.25) is 5.13 Å². The molecule has 8 heteroatoms. The van der Waals surface area contributed by atoms with Crippen LogP contribution >= 0.6 is 22.9 Å². The molecule has 0 aliphatic carbocycles. The van der Waals surface area contributed by atoms with Crippen molar-refractivity contribution in [3.05, 3.63) is 70.7 Å². The molecule has 0 unspecified atom stereocenters. The Bertz CT molecular complexity index is 838. The second kappa shape index (κ2) is 7.67. The number of halogens is 1. The Morgan fingerprint density at radius 1 is 1.08 bits per heavy atom. The van der Waals surface area contributed by atoms with Crippen LogP contribution in [0.4, 0.5) is 16.5 Å². The predicted molar refractivity (Wildman–Crippen MR) is 95.2 cm³/mol. The number of aldehydes is 1. The van der Waals surface area contributed by atoms with Gasteiger partial charge in [0, 0.05) is 0 Å². The molecule has 0 aliphatic rings. The number of carbonyl (C=O) groups is 1.